The van der Waals surface area contributed by atoms with Crippen LogP contribution in [0.15, 0.2) is 76.3 Å². The molecule has 180 valence electrons. The molecule has 0 bridgehead atoms. The van der Waals surface area contributed by atoms with E-state index in [0.29, 0.717) is 39.5 Å². The Labute approximate surface area is 203 Å². The molecule has 0 saturated carbocycles. The van der Waals surface area contributed by atoms with Crippen LogP contribution in [-0.4, -0.2) is 23.9 Å². The number of aromatic nitrogens is 3. The maximum Gasteiger partial charge on any atom is 0.331 e. The second kappa shape index (κ2) is 7.61. The van der Waals surface area contributed by atoms with E-state index >= 15 is 0 Å². The van der Waals surface area contributed by atoms with Crippen LogP contribution in [0.2, 0.25) is 0 Å². The molecule has 9 heteroatoms. The number of halogens is 1. The van der Waals surface area contributed by atoms with E-state index in [-0.39, 0.29) is 16.9 Å². The molecule has 8 nitrogen and oxygen atoms in total. The van der Waals surface area contributed by atoms with E-state index < -0.39 is 23.2 Å². The van der Waals surface area contributed by atoms with Crippen LogP contribution in [0.4, 0.5) is 4.39 Å². The number of fused-ring (bicyclic) bond motifs is 5. The van der Waals surface area contributed by atoms with Crippen LogP contribution >= 0.6 is 0 Å². The molecule has 0 radical (unpaired) electrons. The van der Waals surface area contributed by atoms with Crippen LogP contribution in [0.5, 0.6) is 17.2 Å². The van der Waals surface area contributed by atoms with E-state index in [9.17, 15) is 24.2 Å². The molecule has 0 fully saturated rings. The lowest BCUT2D eigenvalue weighted by Gasteiger charge is -2.30. The number of phenols is 2. The van der Waals surface area contributed by atoms with Gasteiger partial charge in [0.15, 0.2) is 17.6 Å². The minimum Gasteiger partial charge on any atom is -0.504 e. The molecule has 2 N–H and O–H groups in total. The number of phenolic OH excluding ortho intramolecular Hbond substituents is 2. The Balaban J connectivity index is 1.85. The lowest BCUT2D eigenvalue weighted by molar-refractivity contribution is 0.228. The highest BCUT2D eigenvalue weighted by Crippen LogP contribution is 2.47. The zero-order chi connectivity index (χ0) is 25.3. The summed E-state index contributed by atoms with van der Waals surface area (Å²) in [6.45, 7) is 0. The second-order valence-electron chi connectivity index (χ2n) is 8.72. The van der Waals surface area contributed by atoms with Gasteiger partial charge in [0.2, 0.25) is 0 Å². The third kappa shape index (κ3) is 2.92. The van der Waals surface area contributed by atoms with E-state index in [1.165, 1.54) is 35.9 Å². The maximum atomic E-state index is 13.9. The fraction of sp³-hybridized carbons (Fsp3) is 0.111. The van der Waals surface area contributed by atoms with Crippen molar-refractivity contribution in [2.45, 2.75) is 6.10 Å². The Morgan fingerprint density at radius 1 is 0.889 bits per heavy atom. The van der Waals surface area contributed by atoms with Gasteiger partial charge >= 0.3 is 5.69 Å². The molecule has 0 spiro atoms. The highest BCUT2D eigenvalue weighted by Gasteiger charge is 2.36. The van der Waals surface area contributed by atoms with Crippen LogP contribution in [0.1, 0.15) is 17.4 Å². The normalized spacial score (nSPS) is 14.4. The summed E-state index contributed by atoms with van der Waals surface area (Å²) < 4.78 is 24.5. The van der Waals surface area contributed by atoms with Gasteiger partial charge in [0.25, 0.3) is 5.56 Å². The maximum absolute atomic E-state index is 13.9. The van der Waals surface area contributed by atoms with Gasteiger partial charge in [-0.25, -0.2) is 9.18 Å². The molecule has 5 aromatic rings. The van der Waals surface area contributed by atoms with E-state index in [1.54, 1.807) is 31.3 Å². The average Bonchev–Trinajstić information content (AvgIpc) is 3.24. The summed E-state index contributed by atoms with van der Waals surface area (Å²) in [5, 5.41) is 20.4. The summed E-state index contributed by atoms with van der Waals surface area (Å²) in [6.07, 6.45) is -0.846. The molecular formula is C27H20FN3O5. The topological polar surface area (TPSA) is 98.6 Å². The zero-order valence-electron chi connectivity index (χ0n) is 19.3. The quantitative estimate of drug-likeness (QED) is 0.372. The summed E-state index contributed by atoms with van der Waals surface area (Å²) in [4.78, 5) is 26.6. The van der Waals surface area contributed by atoms with Gasteiger partial charge in [0.1, 0.15) is 11.6 Å². The molecule has 1 aliphatic rings. The monoisotopic (exact) mass is 485 g/mol. The van der Waals surface area contributed by atoms with Crippen molar-refractivity contribution < 1.29 is 19.3 Å². The van der Waals surface area contributed by atoms with Crippen LogP contribution in [0.25, 0.3) is 27.8 Å². The van der Waals surface area contributed by atoms with E-state index in [1.807, 2.05) is 22.8 Å². The van der Waals surface area contributed by atoms with E-state index in [2.05, 4.69) is 0 Å². The Bertz CT molecular complexity index is 1820. The summed E-state index contributed by atoms with van der Waals surface area (Å²) in [7, 11) is 2.99. The van der Waals surface area contributed by atoms with Crippen molar-refractivity contribution in [1.29, 1.82) is 0 Å². The lowest BCUT2D eigenvalue weighted by atomic mass is 10.0. The number of para-hydroxylation sites is 2. The molecule has 0 unspecified atom stereocenters. The molecule has 0 amide bonds. The Kier molecular flexibility index (Phi) is 4.59. The fourth-order valence-electron chi connectivity index (χ4n) is 4.92. The molecule has 1 aliphatic heterocycles. The second-order valence-corrected chi connectivity index (χ2v) is 8.72. The number of ether oxygens (including phenoxy) is 1. The van der Waals surface area contributed by atoms with Gasteiger partial charge in [-0.3, -0.25) is 13.9 Å². The minimum atomic E-state index is -0.846. The van der Waals surface area contributed by atoms with Crippen LogP contribution in [0.3, 0.4) is 0 Å². The number of hydrogen-bond acceptors (Lipinski definition) is 5. The van der Waals surface area contributed by atoms with E-state index in [4.69, 9.17) is 4.74 Å². The first-order valence-electron chi connectivity index (χ1n) is 11.2. The molecule has 3 heterocycles. The van der Waals surface area contributed by atoms with Crippen molar-refractivity contribution in [3.05, 3.63) is 105 Å². The summed E-state index contributed by atoms with van der Waals surface area (Å²) in [5.74, 6) is -0.535. The molecule has 36 heavy (non-hydrogen) atoms. The third-order valence-corrected chi connectivity index (χ3v) is 6.63. The molecule has 1 atom stereocenters. The van der Waals surface area contributed by atoms with E-state index in [0.717, 1.165) is 4.57 Å². The number of rotatable bonds is 2. The first-order valence-corrected chi connectivity index (χ1v) is 11.2. The Hall–Kier alpha value is -4.79. The molecular weight excluding hydrogens is 465 g/mol. The summed E-state index contributed by atoms with van der Waals surface area (Å²) in [5.41, 5.74) is 2.03. The van der Waals surface area contributed by atoms with Crippen molar-refractivity contribution in [2.24, 2.45) is 14.1 Å². The predicted molar refractivity (Wildman–Crippen MR) is 131 cm³/mol. The van der Waals surface area contributed by atoms with Crippen molar-refractivity contribution in [1.82, 2.24) is 13.7 Å². The van der Waals surface area contributed by atoms with Gasteiger partial charge in [0.05, 0.1) is 28.0 Å². The minimum absolute atomic E-state index is 0.273. The Morgan fingerprint density at radius 2 is 1.61 bits per heavy atom. The van der Waals surface area contributed by atoms with Crippen molar-refractivity contribution in [3.8, 4) is 34.2 Å². The van der Waals surface area contributed by atoms with Gasteiger partial charge in [-0.15, -0.1) is 0 Å². The lowest BCUT2D eigenvalue weighted by Crippen LogP contribution is -2.37. The largest absolute Gasteiger partial charge is 0.504 e. The van der Waals surface area contributed by atoms with Crippen LogP contribution < -0.4 is 16.0 Å². The molecule has 2 aromatic heterocycles. The predicted octanol–water partition coefficient (Wildman–Crippen LogP) is 3.73. The van der Waals surface area contributed by atoms with Gasteiger partial charge in [-0.2, -0.15) is 0 Å². The first-order chi connectivity index (χ1) is 17.3. The highest BCUT2D eigenvalue weighted by atomic mass is 19.1. The first kappa shape index (κ1) is 21.7. The standard InChI is InChI=1S/C27H20FN3O5/c1-29-23-21(26(34)30(2)27(29)35)22(14-7-10-16(28)11-8-14)31-17-5-3-4-6-20(17)36-25(24(23)31)15-9-12-18(32)19(33)13-15/h3-13,25,32-33H,1-2H3/t25-/m1/s1. The number of nitrogens with zero attached hydrogens (tertiary/aromatic N) is 3. The molecule has 6 rings (SSSR count). The van der Waals surface area contributed by atoms with Gasteiger partial charge < -0.3 is 19.5 Å². The molecule has 0 aliphatic carbocycles. The number of aryl methyl sites for hydroxylation is 1. The smallest absolute Gasteiger partial charge is 0.331 e. The Morgan fingerprint density at radius 3 is 2.33 bits per heavy atom. The SMILES string of the molecule is Cn1c(=O)c2c(-c3ccc(F)cc3)n3c(c2n(C)c1=O)[C@@H](c1ccc(O)c(O)c1)Oc1ccccc1-3. The van der Waals surface area contributed by atoms with Crippen molar-refractivity contribution in [3.63, 3.8) is 0 Å². The molecule has 3 aromatic carbocycles. The average molecular weight is 485 g/mol. The van der Waals surface area contributed by atoms with Crippen molar-refractivity contribution >= 4 is 10.9 Å². The number of aromatic hydroxyl groups is 2. The summed E-state index contributed by atoms with van der Waals surface area (Å²) >= 11 is 0. The van der Waals surface area contributed by atoms with Gasteiger partial charge in [-0.05, 0) is 54.1 Å². The highest BCUT2D eigenvalue weighted by molar-refractivity contribution is 5.98. The third-order valence-electron chi connectivity index (χ3n) is 6.63. The number of hydrogen-bond donors (Lipinski definition) is 2. The van der Waals surface area contributed by atoms with Crippen molar-refractivity contribution in [2.75, 3.05) is 0 Å². The number of benzene rings is 3. The fourth-order valence-corrected chi connectivity index (χ4v) is 4.92. The van der Waals surface area contributed by atoms with Gasteiger partial charge in [-0.1, -0.05) is 18.2 Å². The zero-order valence-corrected chi connectivity index (χ0v) is 19.3. The van der Waals surface area contributed by atoms with Crippen LogP contribution in [0, 0.1) is 5.82 Å². The molecule has 0 saturated heterocycles. The summed E-state index contributed by atoms with van der Waals surface area (Å²) in [6, 6.07) is 17.4. The van der Waals surface area contributed by atoms with Crippen LogP contribution in [-0.2, 0) is 14.1 Å². The van der Waals surface area contributed by atoms with Gasteiger partial charge in [0, 0.05) is 19.7 Å².